The summed E-state index contributed by atoms with van der Waals surface area (Å²) in [6.07, 6.45) is 5.40. The zero-order chi connectivity index (χ0) is 20.8. The highest BCUT2D eigenvalue weighted by Crippen LogP contribution is 2.30. The van der Waals surface area contributed by atoms with Gasteiger partial charge in [0.2, 0.25) is 0 Å². The SMILES string of the molecule is CC(C)C(=O)CCCOCCOCCOCCN1CCC(CC(C)(C)C)CC1. The molecule has 1 aliphatic heterocycles. The van der Waals surface area contributed by atoms with Gasteiger partial charge < -0.3 is 19.1 Å². The second-order valence-corrected chi connectivity index (χ2v) is 9.61. The Kier molecular flexibility index (Phi) is 13.2. The molecule has 0 saturated carbocycles. The topological polar surface area (TPSA) is 48.0 Å². The zero-order valence-electron chi connectivity index (χ0n) is 19.1. The van der Waals surface area contributed by atoms with E-state index < -0.39 is 0 Å². The van der Waals surface area contributed by atoms with E-state index in [2.05, 4.69) is 25.7 Å². The van der Waals surface area contributed by atoms with Gasteiger partial charge in [-0.1, -0.05) is 34.6 Å². The van der Waals surface area contributed by atoms with Crippen molar-refractivity contribution in [3.63, 3.8) is 0 Å². The first kappa shape index (κ1) is 25.5. The van der Waals surface area contributed by atoms with Gasteiger partial charge >= 0.3 is 0 Å². The lowest BCUT2D eigenvalue weighted by Crippen LogP contribution is -2.37. The van der Waals surface area contributed by atoms with Gasteiger partial charge in [0.05, 0.1) is 33.0 Å². The van der Waals surface area contributed by atoms with Crippen LogP contribution in [0, 0.1) is 17.3 Å². The predicted octanol–water partition coefficient (Wildman–Crippen LogP) is 4.19. The molecule has 1 rings (SSSR count). The molecule has 1 heterocycles. The van der Waals surface area contributed by atoms with Crippen LogP contribution in [0.5, 0.6) is 0 Å². The second-order valence-electron chi connectivity index (χ2n) is 9.61. The van der Waals surface area contributed by atoms with Crippen LogP contribution in [0.2, 0.25) is 0 Å². The van der Waals surface area contributed by atoms with Crippen molar-refractivity contribution in [2.24, 2.45) is 17.3 Å². The molecule has 1 fully saturated rings. The monoisotopic (exact) mass is 399 g/mol. The van der Waals surface area contributed by atoms with Crippen LogP contribution < -0.4 is 0 Å². The van der Waals surface area contributed by atoms with Gasteiger partial charge in [0.1, 0.15) is 5.78 Å². The van der Waals surface area contributed by atoms with E-state index in [4.69, 9.17) is 14.2 Å². The van der Waals surface area contributed by atoms with E-state index in [0.29, 0.717) is 50.7 Å². The van der Waals surface area contributed by atoms with E-state index in [1.165, 1.54) is 32.4 Å². The zero-order valence-corrected chi connectivity index (χ0v) is 19.1. The lowest BCUT2D eigenvalue weighted by atomic mass is 9.80. The highest BCUT2D eigenvalue weighted by Gasteiger charge is 2.23. The maximum Gasteiger partial charge on any atom is 0.135 e. The molecule has 0 spiro atoms. The lowest BCUT2D eigenvalue weighted by Gasteiger charge is -2.34. The van der Waals surface area contributed by atoms with Crippen molar-refractivity contribution < 1.29 is 19.0 Å². The summed E-state index contributed by atoms with van der Waals surface area (Å²) in [6.45, 7) is 18.2. The summed E-state index contributed by atoms with van der Waals surface area (Å²) in [5, 5.41) is 0. The molecule has 0 amide bonds. The Morgan fingerprint density at radius 2 is 1.46 bits per heavy atom. The number of hydrogen-bond acceptors (Lipinski definition) is 5. The van der Waals surface area contributed by atoms with Gasteiger partial charge in [-0.2, -0.15) is 0 Å². The number of carbonyl (C=O) groups is 1. The minimum absolute atomic E-state index is 0.128. The summed E-state index contributed by atoms with van der Waals surface area (Å²) < 4.78 is 16.7. The number of rotatable bonds is 15. The van der Waals surface area contributed by atoms with Crippen LogP contribution in [0.15, 0.2) is 0 Å². The molecular formula is C23H45NO4. The smallest absolute Gasteiger partial charge is 0.135 e. The van der Waals surface area contributed by atoms with Crippen molar-refractivity contribution in [1.82, 2.24) is 4.90 Å². The van der Waals surface area contributed by atoms with E-state index in [9.17, 15) is 4.79 Å². The van der Waals surface area contributed by atoms with Crippen LogP contribution in [-0.2, 0) is 19.0 Å². The van der Waals surface area contributed by atoms with E-state index in [1.807, 2.05) is 13.8 Å². The minimum atomic E-state index is 0.128. The van der Waals surface area contributed by atoms with Crippen LogP contribution in [0.25, 0.3) is 0 Å². The molecule has 0 aliphatic carbocycles. The average molecular weight is 400 g/mol. The number of hydrogen-bond donors (Lipinski definition) is 0. The fraction of sp³-hybridized carbons (Fsp3) is 0.957. The van der Waals surface area contributed by atoms with Crippen molar-refractivity contribution in [3.8, 4) is 0 Å². The Labute approximate surface area is 173 Å². The van der Waals surface area contributed by atoms with E-state index in [0.717, 1.165) is 25.5 Å². The molecule has 0 aromatic rings. The summed E-state index contributed by atoms with van der Waals surface area (Å²) in [4.78, 5) is 14.0. The molecule has 0 aromatic heterocycles. The summed E-state index contributed by atoms with van der Waals surface area (Å²) >= 11 is 0. The summed E-state index contributed by atoms with van der Waals surface area (Å²) in [5.74, 6) is 1.33. The van der Waals surface area contributed by atoms with Gasteiger partial charge in [0, 0.05) is 25.5 Å². The molecule has 0 atom stereocenters. The average Bonchev–Trinajstić information content (AvgIpc) is 2.62. The molecule has 0 bridgehead atoms. The summed E-state index contributed by atoms with van der Waals surface area (Å²) in [7, 11) is 0. The number of ketones is 1. The number of piperidine rings is 1. The van der Waals surface area contributed by atoms with Gasteiger partial charge in [0.15, 0.2) is 0 Å². The molecule has 0 unspecified atom stereocenters. The number of carbonyl (C=O) groups excluding carboxylic acids is 1. The van der Waals surface area contributed by atoms with Crippen LogP contribution >= 0.6 is 0 Å². The third-order valence-electron chi connectivity index (χ3n) is 5.26. The molecule has 28 heavy (non-hydrogen) atoms. The first-order chi connectivity index (χ1) is 13.3. The van der Waals surface area contributed by atoms with Crippen molar-refractivity contribution in [2.45, 2.75) is 66.7 Å². The van der Waals surface area contributed by atoms with Gasteiger partial charge in [-0.15, -0.1) is 0 Å². The van der Waals surface area contributed by atoms with Crippen LogP contribution in [-0.4, -0.2) is 70.0 Å². The van der Waals surface area contributed by atoms with Crippen molar-refractivity contribution >= 4 is 5.78 Å². The minimum Gasteiger partial charge on any atom is -0.379 e. The number of Topliss-reactive ketones (excluding diaryl/α,β-unsaturated/α-hetero) is 1. The van der Waals surface area contributed by atoms with Crippen LogP contribution in [0.4, 0.5) is 0 Å². The third kappa shape index (κ3) is 13.6. The molecule has 166 valence electrons. The molecular weight excluding hydrogens is 354 g/mol. The summed E-state index contributed by atoms with van der Waals surface area (Å²) in [6, 6.07) is 0. The first-order valence-corrected chi connectivity index (χ1v) is 11.3. The van der Waals surface area contributed by atoms with Gasteiger partial charge in [0.25, 0.3) is 0 Å². The molecule has 5 nitrogen and oxygen atoms in total. The Morgan fingerprint density at radius 3 is 2.00 bits per heavy atom. The standard InChI is InChI=1S/C23H45NO4/c1-20(2)22(25)7-6-13-26-15-17-28-18-16-27-14-12-24-10-8-21(9-11-24)19-23(3,4)5/h20-21H,6-19H2,1-5H3. The first-order valence-electron chi connectivity index (χ1n) is 11.3. The molecule has 1 saturated heterocycles. The fourth-order valence-electron chi connectivity index (χ4n) is 3.65. The Hall–Kier alpha value is -0.490. The normalized spacial score (nSPS) is 16.8. The van der Waals surface area contributed by atoms with Crippen molar-refractivity contribution in [2.75, 3.05) is 59.3 Å². The molecule has 5 heteroatoms. The highest BCUT2D eigenvalue weighted by atomic mass is 16.5. The van der Waals surface area contributed by atoms with E-state index >= 15 is 0 Å². The van der Waals surface area contributed by atoms with Crippen molar-refractivity contribution in [1.29, 1.82) is 0 Å². The lowest BCUT2D eigenvalue weighted by molar-refractivity contribution is -0.122. The maximum absolute atomic E-state index is 11.5. The third-order valence-corrected chi connectivity index (χ3v) is 5.26. The van der Waals surface area contributed by atoms with Crippen molar-refractivity contribution in [3.05, 3.63) is 0 Å². The van der Waals surface area contributed by atoms with Crippen LogP contribution in [0.1, 0.15) is 66.7 Å². The van der Waals surface area contributed by atoms with Gasteiger partial charge in [-0.05, 0) is 50.1 Å². The maximum atomic E-state index is 11.5. The fourth-order valence-corrected chi connectivity index (χ4v) is 3.65. The Balaban J connectivity index is 1.83. The molecule has 0 radical (unpaired) electrons. The largest absolute Gasteiger partial charge is 0.379 e. The summed E-state index contributed by atoms with van der Waals surface area (Å²) in [5.41, 5.74) is 0.452. The second kappa shape index (κ2) is 14.5. The highest BCUT2D eigenvalue weighted by molar-refractivity contribution is 5.80. The predicted molar refractivity (Wildman–Crippen MR) is 115 cm³/mol. The van der Waals surface area contributed by atoms with Gasteiger partial charge in [-0.3, -0.25) is 4.79 Å². The Bertz CT molecular complexity index is 398. The molecule has 1 aliphatic rings. The Morgan fingerprint density at radius 1 is 0.929 bits per heavy atom. The quantitative estimate of drug-likeness (QED) is 0.387. The number of ether oxygens (including phenoxy) is 3. The van der Waals surface area contributed by atoms with Crippen LogP contribution in [0.3, 0.4) is 0 Å². The van der Waals surface area contributed by atoms with Gasteiger partial charge in [-0.25, -0.2) is 0 Å². The van der Waals surface area contributed by atoms with E-state index in [-0.39, 0.29) is 5.92 Å². The number of nitrogens with zero attached hydrogens (tertiary/aromatic N) is 1. The molecule has 0 N–H and O–H groups in total. The van der Waals surface area contributed by atoms with E-state index in [1.54, 1.807) is 0 Å². The molecule has 0 aromatic carbocycles. The number of likely N-dealkylation sites (tertiary alicyclic amines) is 1.